The second kappa shape index (κ2) is 6.13. The molecule has 0 bridgehead atoms. The SMILES string of the molecule is O=C(CCS(=O)(=O)c1ccccc1)Nc1onc2c1CSC2. The first-order chi connectivity index (χ1) is 10.6. The second-order valence-corrected chi connectivity index (χ2v) is 7.95. The van der Waals surface area contributed by atoms with Crippen LogP contribution in [0.2, 0.25) is 0 Å². The monoisotopic (exact) mass is 338 g/mol. The first kappa shape index (κ1) is 15.1. The summed E-state index contributed by atoms with van der Waals surface area (Å²) in [6.07, 6.45) is -0.125. The third-order valence-electron chi connectivity index (χ3n) is 3.31. The van der Waals surface area contributed by atoms with Crippen molar-refractivity contribution < 1.29 is 17.7 Å². The molecule has 0 saturated heterocycles. The van der Waals surface area contributed by atoms with Gasteiger partial charge in [-0.05, 0) is 12.1 Å². The van der Waals surface area contributed by atoms with Gasteiger partial charge in [0.25, 0.3) is 0 Å². The Morgan fingerprint density at radius 3 is 2.82 bits per heavy atom. The third kappa shape index (κ3) is 3.17. The van der Waals surface area contributed by atoms with E-state index in [9.17, 15) is 13.2 Å². The Hall–Kier alpha value is -1.80. The van der Waals surface area contributed by atoms with Gasteiger partial charge in [0.15, 0.2) is 9.84 Å². The van der Waals surface area contributed by atoms with E-state index in [0.29, 0.717) is 5.88 Å². The van der Waals surface area contributed by atoms with Crippen LogP contribution in [0.5, 0.6) is 0 Å². The number of sulfone groups is 1. The van der Waals surface area contributed by atoms with E-state index in [2.05, 4.69) is 10.5 Å². The zero-order valence-corrected chi connectivity index (χ0v) is 13.2. The number of aromatic nitrogens is 1. The molecular formula is C14H14N2O4S2. The Morgan fingerprint density at radius 2 is 2.05 bits per heavy atom. The standard InChI is InChI=1S/C14H14N2O4S2/c17-13(15-14-11-8-21-9-12(11)16-20-14)6-7-22(18,19)10-4-2-1-3-5-10/h1-5H,6-9H2,(H,15,17). The molecule has 0 fully saturated rings. The second-order valence-electron chi connectivity index (χ2n) is 4.86. The third-order valence-corrected chi connectivity index (χ3v) is 6.01. The molecule has 3 rings (SSSR count). The summed E-state index contributed by atoms with van der Waals surface area (Å²) in [5, 5.41) is 6.48. The molecule has 1 amide bonds. The van der Waals surface area contributed by atoms with Crippen molar-refractivity contribution in [2.75, 3.05) is 11.1 Å². The van der Waals surface area contributed by atoms with Crippen LogP contribution in [0.1, 0.15) is 17.7 Å². The van der Waals surface area contributed by atoms with E-state index in [1.165, 1.54) is 12.1 Å². The number of benzene rings is 1. The van der Waals surface area contributed by atoms with E-state index in [-0.39, 0.29) is 17.1 Å². The van der Waals surface area contributed by atoms with Gasteiger partial charge in [-0.25, -0.2) is 8.42 Å². The van der Waals surface area contributed by atoms with E-state index in [1.807, 2.05) is 0 Å². The van der Waals surface area contributed by atoms with Crippen LogP contribution >= 0.6 is 11.8 Å². The number of hydrogen-bond donors (Lipinski definition) is 1. The van der Waals surface area contributed by atoms with Gasteiger partial charge in [0.1, 0.15) is 0 Å². The van der Waals surface area contributed by atoms with Gasteiger partial charge in [-0.3, -0.25) is 10.1 Å². The molecule has 0 atom stereocenters. The van der Waals surface area contributed by atoms with Crippen molar-refractivity contribution in [1.29, 1.82) is 0 Å². The average molecular weight is 338 g/mol. The van der Waals surface area contributed by atoms with Crippen LogP contribution in [0, 0.1) is 0 Å². The van der Waals surface area contributed by atoms with Crippen LogP contribution in [-0.4, -0.2) is 25.2 Å². The number of nitrogens with one attached hydrogen (secondary N) is 1. The predicted molar refractivity (Wildman–Crippen MR) is 83.2 cm³/mol. The minimum absolute atomic E-state index is 0.125. The molecule has 0 radical (unpaired) electrons. The summed E-state index contributed by atoms with van der Waals surface area (Å²) in [6, 6.07) is 8.10. The van der Waals surface area contributed by atoms with Gasteiger partial charge in [0, 0.05) is 17.9 Å². The van der Waals surface area contributed by atoms with Crippen molar-refractivity contribution in [2.45, 2.75) is 22.8 Å². The Kier molecular flexibility index (Phi) is 4.21. The number of carbonyl (C=O) groups excluding carboxylic acids is 1. The van der Waals surface area contributed by atoms with Crippen LogP contribution < -0.4 is 5.32 Å². The Labute approximate surface area is 132 Å². The molecular weight excluding hydrogens is 324 g/mol. The fourth-order valence-electron chi connectivity index (χ4n) is 2.11. The van der Waals surface area contributed by atoms with Gasteiger partial charge in [0.2, 0.25) is 11.8 Å². The molecule has 2 aromatic rings. The predicted octanol–water partition coefficient (Wildman–Crippen LogP) is 2.22. The number of hydrogen-bond acceptors (Lipinski definition) is 6. The van der Waals surface area contributed by atoms with Crippen LogP contribution in [0.4, 0.5) is 5.88 Å². The molecule has 1 aromatic heterocycles. The lowest BCUT2D eigenvalue weighted by molar-refractivity contribution is -0.115. The minimum atomic E-state index is -3.46. The highest BCUT2D eigenvalue weighted by atomic mass is 32.2. The molecule has 116 valence electrons. The summed E-state index contributed by atoms with van der Waals surface area (Å²) in [6.45, 7) is 0. The van der Waals surface area contributed by atoms with Crippen molar-refractivity contribution >= 4 is 33.4 Å². The van der Waals surface area contributed by atoms with Crippen molar-refractivity contribution in [1.82, 2.24) is 5.16 Å². The summed E-state index contributed by atoms with van der Waals surface area (Å²) in [5.41, 5.74) is 1.74. The molecule has 2 heterocycles. The first-order valence-electron chi connectivity index (χ1n) is 6.69. The smallest absolute Gasteiger partial charge is 0.235 e. The molecule has 1 N–H and O–H groups in total. The average Bonchev–Trinajstić information content (AvgIpc) is 3.11. The van der Waals surface area contributed by atoms with E-state index in [0.717, 1.165) is 22.8 Å². The van der Waals surface area contributed by atoms with Crippen molar-refractivity contribution in [3.05, 3.63) is 41.6 Å². The fraction of sp³-hybridized carbons (Fsp3) is 0.286. The number of amides is 1. The molecule has 1 aliphatic heterocycles. The van der Waals surface area contributed by atoms with Gasteiger partial charge >= 0.3 is 0 Å². The lowest BCUT2D eigenvalue weighted by Gasteiger charge is -2.05. The molecule has 0 aliphatic carbocycles. The molecule has 0 spiro atoms. The Morgan fingerprint density at radius 1 is 1.27 bits per heavy atom. The van der Waals surface area contributed by atoms with Crippen molar-refractivity contribution in [3.8, 4) is 0 Å². The zero-order chi connectivity index (χ0) is 15.6. The number of carbonyl (C=O) groups is 1. The number of fused-ring (bicyclic) bond motifs is 1. The molecule has 1 aromatic carbocycles. The lowest BCUT2D eigenvalue weighted by Crippen LogP contribution is -2.17. The molecule has 22 heavy (non-hydrogen) atoms. The van der Waals surface area contributed by atoms with Crippen LogP contribution in [0.15, 0.2) is 39.8 Å². The molecule has 6 nitrogen and oxygen atoms in total. The van der Waals surface area contributed by atoms with Gasteiger partial charge < -0.3 is 4.52 Å². The van der Waals surface area contributed by atoms with E-state index in [1.54, 1.807) is 30.0 Å². The Bertz CT molecular complexity index is 784. The number of anilines is 1. The van der Waals surface area contributed by atoms with E-state index < -0.39 is 15.7 Å². The molecule has 0 saturated carbocycles. The highest BCUT2D eigenvalue weighted by molar-refractivity contribution is 7.98. The van der Waals surface area contributed by atoms with Gasteiger partial charge in [-0.1, -0.05) is 23.4 Å². The minimum Gasteiger partial charge on any atom is -0.338 e. The van der Waals surface area contributed by atoms with Gasteiger partial charge in [-0.15, -0.1) is 0 Å². The maximum Gasteiger partial charge on any atom is 0.235 e. The maximum absolute atomic E-state index is 12.1. The maximum atomic E-state index is 12.1. The quantitative estimate of drug-likeness (QED) is 0.899. The summed E-state index contributed by atoms with van der Waals surface area (Å²) in [7, 11) is -3.46. The molecule has 0 unspecified atom stereocenters. The zero-order valence-electron chi connectivity index (χ0n) is 11.6. The van der Waals surface area contributed by atoms with Gasteiger partial charge in [0.05, 0.1) is 21.9 Å². The number of thioether (sulfide) groups is 1. The van der Waals surface area contributed by atoms with E-state index in [4.69, 9.17) is 4.52 Å². The topological polar surface area (TPSA) is 89.3 Å². The van der Waals surface area contributed by atoms with Crippen molar-refractivity contribution in [2.24, 2.45) is 0 Å². The summed E-state index contributed by atoms with van der Waals surface area (Å²) < 4.78 is 29.3. The Balaban J connectivity index is 1.61. The largest absolute Gasteiger partial charge is 0.338 e. The van der Waals surface area contributed by atoms with E-state index >= 15 is 0 Å². The van der Waals surface area contributed by atoms with Crippen LogP contribution in [-0.2, 0) is 26.1 Å². The number of nitrogens with zero attached hydrogens (tertiary/aromatic N) is 1. The summed E-state index contributed by atoms with van der Waals surface area (Å²) in [4.78, 5) is 12.1. The molecule has 1 aliphatic rings. The van der Waals surface area contributed by atoms with Gasteiger partial charge in [-0.2, -0.15) is 11.8 Å². The van der Waals surface area contributed by atoms with Crippen LogP contribution in [0.25, 0.3) is 0 Å². The summed E-state index contributed by atoms with van der Waals surface area (Å²) >= 11 is 1.70. The van der Waals surface area contributed by atoms with Crippen molar-refractivity contribution in [3.63, 3.8) is 0 Å². The summed E-state index contributed by atoms with van der Waals surface area (Å²) in [5.74, 6) is 1.22. The molecule has 8 heteroatoms. The highest BCUT2D eigenvalue weighted by Gasteiger charge is 2.23. The number of rotatable bonds is 5. The highest BCUT2D eigenvalue weighted by Crippen LogP contribution is 2.34. The lowest BCUT2D eigenvalue weighted by atomic mass is 10.3. The fourth-order valence-corrected chi connectivity index (χ4v) is 4.40. The first-order valence-corrected chi connectivity index (χ1v) is 9.50. The normalized spacial score (nSPS) is 13.8. The van der Waals surface area contributed by atoms with Crippen LogP contribution in [0.3, 0.4) is 0 Å².